The first kappa shape index (κ1) is 9.20. The quantitative estimate of drug-likeness (QED) is 0.602. The SMILES string of the molecule is O=C1CCCC2=C1C=C[C@H]1CCCCN21. The van der Waals surface area contributed by atoms with Gasteiger partial charge in [0.05, 0.1) is 0 Å². The third-order valence-corrected chi connectivity index (χ3v) is 3.81. The molecule has 0 unspecified atom stereocenters. The highest BCUT2D eigenvalue weighted by molar-refractivity contribution is 5.99. The second kappa shape index (κ2) is 3.51. The molecule has 0 bridgehead atoms. The first-order valence-corrected chi connectivity index (χ1v) is 6.07. The monoisotopic (exact) mass is 203 g/mol. The number of Topliss-reactive ketones (excluding diaryl/α,β-unsaturated/α-hetero) is 1. The summed E-state index contributed by atoms with van der Waals surface area (Å²) < 4.78 is 0. The van der Waals surface area contributed by atoms with Crippen LogP contribution in [0.25, 0.3) is 0 Å². The molecule has 0 aromatic rings. The van der Waals surface area contributed by atoms with Gasteiger partial charge in [-0.2, -0.15) is 0 Å². The van der Waals surface area contributed by atoms with Gasteiger partial charge in [0.25, 0.3) is 0 Å². The minimum absolute atomic E-state index is 0.358. The van der Waals surface area contributed by atoms with E-state index in [9.17, 15) is 4.79 Å². The van der Waals surface area contributed by atoms with Gasteiger partial charge in [-0.3, -0.25) is 4.79 Å². The Morgan fingerprint density at radius 2 is 2.13 bits per heavy atom. The van der Waals surface area contributed by atoms with Crippen LogP contribution in [0.5, 0.6) is 0 Å². The Labute approximate surface area is 90.6 Å². The maximum Gasteiger partial charge on any atom is 0.164 e. The lowest BCUT2D eigenvalue weighted by atomic mass is 9.87. The zero-order valence-corrected chi connectivity index (χ0v) is 9.04. The summed E-state index contributed by atoms with van der Waals surface area (Å²) in [6.45, 7) is 1.15. The molecule has 2 heteroatoms. The molecule has 2 heterocycles. The molecular formula is C13H17NO. The highest BCUT2D eigenvalue weighted by Gasteiger charge is 2.30. The average molecular weight is 203 g/mol. The molecule has 1 aliphatic carbocycles. The van der Waals surface area contributed by atoms with Crippen molar-refractivity contribution in [2.75, 3.05) is 6.54 Å². The second-order valence-corrected chi connectivity index (χ2v) is 4.75. The van der Waals surface area contributed by atoms with Crippen molar-refractivity contribution in [3.05, 3.63) is 23.4 Å². The van der Waals surface area contributed by atoms with Crippen LogP contribution >= 0.6 is 0 Å². The van der Waals surface area contributed by atoms with Gasteiger partial charge >= 0.3 is 0 Å². The summed E-state index contributed by atoms with van der Waals surface area (Å²) >= 11 is 0. The van der Waals surface area contributed by atoms with Gasteiger partial charge < -0.3 is 4.90 Å². The van der Waals surface area contributed by atoms with Crippen LogP contribution in [-0.4, -0.2) is 23.3 Å². The van der Waals surface area contributed by atoms with Crippen molar-refractivity contribution in [3.63, 3.8) is 0 Å². The fourth-order valence-electron chi connectivity index (χ4n) is 3.03. The number of fused-ring (bicyclic) bond motifs is 2. The Balaban J connectivity index is 1.97. The number of ketones is 1. The van der Waals surface area contributed by atoms with Crippen LogP contribution in [0.4, 0.5) is 0 Å². The Morgan fingerprint density at radius 3 is 3.07 bits per heavy atom. The summed E-state index contributed by atoms with van der Waals surface area (Å²) in [5, 5.41) is 0. The number of hydrogen-bond donors (Lipinski definition) is 0. The number of piperidine rings is 1. The molecule has 0 radical (unpaired) electrons. The molecule has 2 aliphatic heterocycles. The largest absolute Gasteiger partial charge is 0.368 e. The lowest BCUT2D eigenvalue weighted by molar-refractivity contribution is -0.116. The average Bonchev–Trinajstić information content (AvgIpc) is 2.29. The van der Waals surface area contributed by atoms with Gasteiger partial charge in [0.15, 0.2) is 5.78 Å². The molecular weight excluding hydrogens is 186 g/mol. The second-order valence-electron chi connectivity index (χ2n) is 4.75. The van der Waals surface area contributed by atoms with Crippen LogP contribution in [-0.2, 0) is 4.79 Å². The standard InChI is InChI=1S/C13H17NO/c15-13-6-3-5-12-11(13)8-7-10-4-1-2-9-14(10)12/h7-8,10H,1-6,9H2/t10-/m1/s1. The summed E-state index contributed by atoms with van der Waals surface area (Å²) in [5.74, 6) is 0.358. The fourth-order valence-corrected chi connectivity index (χ4v) is 3.03. The number of carbonyl (C=O) groups excluding carboxylic acids is 1. The zero-order valence-electron chi connectivity index (χ0n) is 9.04. The summed E-state index contributed by atoms with van der Waals surface area (Å²) in [6, 6.07) is 0.586. The highest BCUT2D eigenvalue weighted by Crippen LogP contribution is 2.34. The van der Waals surface area contributed by atoms with E-state index in [1.165, 1.54) is 25.0 Å². The Kier molecular flexibility index (Phi) is 2.15. The highest BCUT2D eigenvalue weighted by atomic mass is 16.1. The molecule has 0 N–H and O–H groups in total. The lowest BCUT2D eigenvalue weighted by Crippen LogP contribution is -2.41. The van der Waals surface area contributed by atoms with Crippen LogP contribution < -0.4 is 0 Å². The predicted octanol–water partition coefficient (Wildman–Crippen LogP) is 2.42. The minimum Gasteiger partial charge on any atom is -0.368 e. The Morgan fingerprint density at radius 1 is 1.20 bits per heavy atom. The molecule has 1 saturated heterocycles. The molecule has 0 aromatic heterocycles. The van der Waals surface area contributed by atoms with E-state index >= 15 is 0 Å². The van der Waals surface area contributed by atoms with Gasteiger partial charge in [-0.25, -0.2) is 0 Å². The molecule has 0 amide bonds. The molecule has 3 rings (SSSR count). The smallest absolute Gasteiger partial charge is 0.164 e. The minimum atomic E-state index is 0.358. The summed E-state index contributed by atoms with van der Waals surface area (Å²) in [4.78, 5) is 14.2. The van der Waals surface area contributed by atoms with Gasteiger partial charge in [-0.15, -0.1) is 0 Å². The van der Waals surface area contributed by atoms with E-state index in [1.54, 1.807) is 0 Å². The summed E-state index contributed by atoms with van der Waals surface area (Å²) in [6.07, 6.45) is 11.1. The predicted molar refractivity (Wildman–Crippen MR) is 59.4 cm³/mol. The van der Waals surface area contributed by atoms with Crippen LogP contribution in [0, 0.1) is 0 Å². The third-order valence-electron chi connectivity index (χ3n) is 3.81. The maximum absolute atomic E-state index is 11.8. The number of hydrogen-bond acceptors (Lipinski definition) is 2. The van der Waals surface area contributed by atoms with Gasteiger partial charge in [0.2, 0.25) is 0 Å². The Hall–Kier alpha value is -1.05. The lowest BCUT2D eigenvalue weighted by Gasteiger charge is -2.42. The topological polar surface area (TPSA) is 20.3 Å². The van der Waals surface area contributed by atoms with E-state index in [-0.39, 0.29) is 0 Å². The molecule has 15 heavy (non-hydrogen) atoms. The molecule has 2 nitrogen and oxygen atoms in total. The third kappa shape index (κ3) is 1.43. The van der Waals surface area contributed by atoms with Crippen molar-refractivity contribution in [2.45, 2.75) is 44.6 Å². The van der Waals surface area contributed by atoms with E-state index in [0.29, 0.717) is 11.8 Å². The summed E-state index contributed by atoms with van der Waals surface area (Å²) in [5.41, 5.74) is 2.36. The molecule has 80 valence electrons. The van der Waals surface area contributed by atoms with Gasteiger partial charge in [-0.05, 0) is 32.1 Å². The van der Waals surface area contributed by atoms with E-state index in [4.69, 9.17) is 0 Å². The van der Waals surface area contributed by atoms with Crippen LogP contribution in [0.1, 0.15) is 38.5 Å². The van der Waals surface area contributed by atoms with E-state index < -0.39 is 0 Å². The van der Waals surface area contributed by atoms with Crippen LogP contribution in [0.15, 0.2) is 23.4 Å². The van der Waals surface area contributed by atoms with Crippen LogP contribution in [0.3, 0.4) is 0 Å². The van der Waals surface area contributed by atoms with Gasteiger partial charge in [0, 0.05) is 30.3 Å². The van der Waals surface area contributed by atoms with E-state index in [1.807, 2.05) is 0 Å². The van der Waals surface area contributed by atoms with E-state index in [2.05, 4.69) is 17.1 Å². The van der Waals surface area contributed by atoms with Gasteiger partial charge in [0.1, 0.15) is 0 Å². The molecule has 0 spiro atoms. The van der Waals surface area contributed by atoms with Crippen molar-refractivity contribution >= 4 is 5.78 Å². The maximum atomic E-state index is 11.8. The normalized spacial score (nSPS) is 30.3. The van der Waals surface area contributed by atoms with Crippen molar-refractivity contribution in [2.24, 2.45) is 0 Å². The van der Waals surface area contributed by atoms with Crippen molar-refractivity contribution in [1.82, 2.24) is 4.90 Å². The van der Waals surface area contributed by atoms with Crippen molar-refractivity contribution in [1.29, 1.82) is 0 Å². The first-order chi connectivity index (χ1) is 7.36. The van der Waals surface area contributed by atoms with E-state index in [0.717, 1.165) is 31.4 Å². The molecule has 1 atom stereocenters. The number of carbonyl (C=O) groups is 1. The Bertz CT molecular complexity index is 354. The zero-order chi connectivity index (χ0) is 10.3. The fraction of sp³-hybridized carbons (Fsp3) is 0.615. The summed E-state index contributed by atoms with van der Waals surface area (Å²) in [7, 11) is 0. The van der Waals surface area contributed by atoms with Crippen molar-refractivity contribution < 1.29 is 4.79 Å². The number of allylic oxidation sites excluding steroid dienone is 3. The molecule has 0 saturated carbocycles. The van der Waals surface area contributed by atoms with Gasteiger partial charge in [-0.1, -0.05) is 12.2 Å². The number of nitrogens with zero attached hydrogens (tertiary/aromatic N) is 1. The first-order valence-electron chi connectivity index (χ1n) is 6.07. The number of rotatable bonds is 0. The molecule has 3 aliphatic rings. The molecule has 1 fully saturated rings. The van der Waals surface area contributed by atoms with Crippen LogP contribution in [0.2, 0.25) is 0 Å². The molecule has 0 aromatic carbocycles. The van der Waals surface area contributed by atoms with Crippen molar-refractivity contribution in [3.8, 4) is 0 Å².